The van der Waals surface area contributed by atoms with E-state index in [4.69, 9.17) is 4.74 Å². The maximum Gasteiger partial charge on any atom is 0.251 e. The van der Waals surface area contributed by atoms with E-state index in [1.807, 2.05) is 14.1 Å². The monoisotopic (exact) mass is 355 g/mol. The molecule has 0 radical (unpaired) electrons. The van der Waals surface area contributed by atoms with E-state index in [0.717, 1.165) is 25.0 Å². The molecule has 2 amide bonds. The minimum atomic E-state index is -0.845. The number of rotatable bonds is 6. The Morgan fingerprint density at radius 1 is 1.12 bits per heavy atom. The van der Waals surface area contributed by atoms with E-state index in [1.165, 1.54) is 0 Å². The maximum absolute atomic E-state index is 13.1. The minimum absolute atomic E-state index is 0.167. The van der Waals surface area contributed by atoms with Crippen LogP contribution in [-0.4, -0.2) is 62.7 Å². The van der Waals surface area contributed by atoms with E-state index in [-0.39, 0.29) is 23.6 Å². The first-order chi connectivity index (χ1) is 11.8. The molecule has 0 unspecified atom stereocenters. The average Bonchev–Trinajstić information content (AvgIpc) is 2.57. The van der Waals surface area contributed by atoms with Crippen LogP contribution < -0.4 is 10.6 Å². The Balaban J connectivity index is 1.84. The molecular weight excluding hydrogens is 332 g/mol. The quantitative estimate of drug-likeness (QED) is 0.796. The van der Waals surface area contributed by atoms with Crippen molar-refractivity contribution in [3.63, 3.8) is 0 Å². The lowest BCUT2D eigenvalue weighted by atomic mass is 9.88. The van der Waals surface area contributed by atoms with E-state index in [2.05, 4.69) is 15.5 Å². The number of amides is 2. The highest BCUT2D eigenvalue weighted by Crippen LogP contribution is 2.24. The van der Waals surface area contributed by atoms with Gasteiger partial charge < -0.3 is 20.3 Å². The van der Waals surface area contributed by atoms with Crippen molar-refractivity contribution in [2.45, 2.75) is 18.4 Å². The highest BCUT2D eigenvalue weighted by atomic mass is 19.1. The molecule has 1 aromatic rings. The van der Waals surface area contributed by atoms with Crippen molar-refractivity contribution < 1.29 is 23.1 Å². The van der Waals surface area contributed by atoms with Gasteiger partial charge in [-0.05, 0) is 39.1 Å². The molecule has 2 N–H and O–H groups in total. The largest absolute Gasteiger partial charge is 0.381 e. The van der Waals surface area contributed by atoms with Crippen LogP contribution in [0, 0.1) is 11.6 Å². The first-order valence-corrected chi connectivity index (χ1v) is 8.08. The molecule has 1 aromatic carbocycles. The molecule has 0 aliphatic carbocycles. The SMILES string of the molecule is CN(C)C1(CNC(=O)CNC(=O)c2cc(F)cc(F)c2)CCOCC1. The maximum atomic E-state index is 13.1. The van der Waals surface area contributed by atoms with Crippen LogP contribution in [0.3, 0.4) is 0 Å². The molecule has 1 saturated heterocycles. The standard InChI is InChI=1S/C17H23F2N3O3/c1-22(2)17(3-5-25-6-4-17)11-21-15(23)10-20-16(24)12-7-13(18)9-14(19)8-12/h7-9H,3-6,10-11H2,1-2H3,(H,20,24)(H,21,23). The number of nitrogens with zero attached hydrogens (tertiary/aromatic N) is 1. The molecule has 1 heterocycles. The van der Waals surface area contributed by atoms with Crippen LogP contribution in [0.1, 0.15) is 23.2 Å². The highest BCUT2D eigenvalue weighted by molar-refractivity contribution is 5.96. The van der Waals surface area contributed by atoms with Gasteiger partial charge >= 0.3 is 0 Å². The number of carbonyl (C=O) groups excluding carboxylic acids is 2. The highest BCUT2D eigenvalue weighted by Gasteiger charge is 2.35. The zero-order valence-electron chi connectivity index (χ0n) is 14.4. The number of carbonyl (C=O) groups is 2. The zero-order valence-corrected chi connectivity index (χ0v) is 14.4. The molecule has 1 fully saturated rings. The summed E-state index contributed by atoms with van der Waals surface area (Å²) in [5.74, 6) is -2.76. The summed E-state index contributed by atoms with van der Waals surface area (Å²) in [5.41, 5.74) is -0.344. The molecule has 1 aliphatic heterocycles. The van der Waals surface area contributed by atoms with Gasteiger partial charge in [0.1, 0.15) is 11.6 Å². The molecule has 6 nitrogen and oxygen atoms in total. The van der Waals surface area contributed by atoms with Crippen LogP contribution in [-0.2, 0) is 9.53 Å². The molecule has 8 heteroatoms. The Morgan fingerprint density at radius 2 is 1.72 bits per heavy atom. The number of hydrogen-bond acceptors (Lipinski definition) is 4. The van der Waals surface area contributed by atoms with Crippen LogP contribution in [0.5, 0.6) is 0 Å². The van der Waals surface area contributed by atoms with Crippen LogP contribution in [0.4, 0.5) is 8.78 Å². The van der Waals surface area contributed by atoms with Crippen molar-refractivity contribution in [1.82, 2.24) is 15.5 Å². The lowest BCUT2D eigenvalue weighted by molar-refractivity contribution is -0.121. The van der Waals surface area contributed by atoms with E-state index in [1.54, 1.807) is 0 Å². The third-order valence-electron chi connectivity index (χ3n) is 4.52. The lowest BCUT2D eigenvalue weighted by Gasteiger charge is -2.42. The van der Waals surface area contributed by atoms with Gasteiger partial charge in [-0.15, -0.1) is 0 Å². The lowest BCUT2D eigenvalue weighted by Crippen LogP contribution is -2.56. The van der Waals surface area contributed by atoms with E-state index < -0.39 is 17.5 Å². The van der Waals surface area contributed by atoms with E-state index in [9.17, 15) is 18.4 Å². The molecular formula is C17H23F2N3O3. The van der Waals surface area contributed by atoms with Crippen LogP contribution in [0.2, 0.25) is 0 Å². The second kappa shape index (κ2) is 8.35. The summed E-state index contributed by atoms with van der Waals surface area (Å²) in [6, 6.07) is 2.51. The Labute approximate surface area is 145 Å². The Morgan fingerprint density at radius 3 is 2.28 bits per heavy atom. The van der Waals surface area contributed by atoms with Crippen LogP contribution in [0.25, 0.3) is 0 Å². The number of nitrogens with one attached hydrogen (secondary N) is 2. The van der Waals surface area contributed by atoms with Gasteiger partial charge in [-0.1, -0.05) is 0 Å². The van der Waals surface area contributed by atoms with Crippen molar-refractivity contribution >= 4 is 11.8 Å². The normalized spacial score (nSPS) is 16.5. The predicted octanol–water partition coefficient (Wildman–Crippen LogP) is 0.922. The van der Waals surface area contributed by atoms with Gasteiger partial charge in [-0.2, -0.15) is 0 Å². The smallest absolute Gasteiger partial charge is 0.251 e. The fourth-order valence-corrected chi connectivity index (χ4v) is 2.81. The molecule has 25 heavy (non-hydrogen) atoms. The summed E-state index contributed by atoms with van der Waals surface area (Å²) >= 11 is 0. The molecule has 0 bridgehead atoms. The van der Waals surface area contributed by atoms with Crippen molar-refractivity contribution in [3.05, 3.63) is 35.4 Å². The molecule has 0 aromatic heterocycles. The van der Waals surface area contributed by atoms with E-state index >= 15 is 0 Å². The summed E-state index contributed by atoms with van der Waals surface area (Å²) in [5, 5.41) is 5.17. The van der Waals surface area contributed by atoms with Gasteiger partial charge in [0, 0.05) is 36.9 Å². The Hall–Kier alpha value is -2.06. The van der Waals surface area contributed by atoms with E-state index in [0.29, 0.717) is 25.8 Å². The van der Waals surface area contributed by atoms with Crippen molar-refractivity contribution in [2.75, 3.05) is 40.4 Å². The minimum Gasteiger partial charge on any atom is -0.381 e. The van der Waals surface area contributed by atoms with Gasteiger partial charge in [-0.25, -0.2) is 8.78 Å². The number of likely N-dealkylation sites (N-methyl/N-ethyl adjacent to an activating group) is 1. The second-order valence-corrected chi connectivity index (χ2v) is 6.35. The second-order valence-electron chi connectivity index (χ2n) is 6.35. The average molecular weight is 355 g/mol. The summed E-state index contributed by atoms with van der Waals surface area (Å²) < 4.78 is 31.6. The Kier molecular flexibility index (Phi) is 6.44. The summed E-state index contributed by atoms with van der Waals surface area (Å²) in [6.45, 7) is 1.44. The molecule has 1 aliphatic rings. The number of hydrogen-bond donors (Lipinski definition) is 2. The zero-order chi connectivity index (χ0) is 18.4. The number of ether oxygens (including phenoxy) is 1. The van der Waals surface area contributed by atoms with Crippen molar-refractivity contribution in [3.8, 4) is 0 Å². The number of halogens is 2. The topological polar surface area (TPSA) is 70.7 Å². The fourth-order valence-electron chi connectivity index (χ4n) is 2.81. The molecule has 0 spiro atoms. The summed E-state index contributed by atoms with van der Waals surface area (Å²) in [6.07, 6.45) is 1.60. The Bertz CT molecular complexity index is 611. The summed E-state index contributed by atoms with van der Waals surface area (Å²) in [4.78, 5) is 26.0. The van der Waals surface area contributed by atoms with Crippen molar-refractivity contribution in [1.29, 1.82) is 0 Å². The molecule has 0 atom stereocenters. The molecule has 2 rings (SSSR count). The summed E-state index contributed by atoms with van der Waals surface area (Å²) in [7, 11) is 3.91. The van der Waals surface area contributed by atoms with Gasteiger partial charge in [0.2, 0.25) is 5.91 Å². The first kappa shape index (κ1) is 19.3. The third-order valence-corrected chi connectivity index (χ3v) is 4.52. The van der Waals surface area contributed by atoms with Gasteiger partial charge in [0.05, 0.1) is 6.54 Å². The molecule has 0 saturated carbocycles. The first-order valence-electron chi connectivity index (χ1n) is 8.08. The van der Waals surface area contributed by atoms with Crippen LogP contribution in [0.15, 0.2) is 18.2 Å². The number of benzene rings is 1. The van der Waals surface area contributed by atoms with Gasteiger partial charge in [0.15, 0.2) is 0 Å². The fraction of sp³-hybridized carbons (Fsp3) is 0.529. The molecule has 138 valence electrons. The van der Waals surface area contributed by atoms with Crippen LogP contribution >= 0.6 is 0 Å². The third kappa shape index (κ3) is 5.20. The van der Waals surface area contributed by atoms with Gasteiger partial charge in [0.25, 0.3) is 5.91 Å². The predicted molar refractivity (Wildman–Crippen MR) is 88.2 cm³/mol. The van der Waals surface area contributed by atoms with Gasteiger partial charge in [-0.3, -0.25) is 9.59 Å². The van der Waals surface area contributed by atoms with Crippen molar-refractivity contribution in [2.24, 2.45) is 0 Å².